The summed E-state index contributed by atoms with van der Waals surface area (Å²) in [7, 11) is 0. The summed E-state index contributed by atoms with van der Waals surface area (Å²) in [5.74, 6) is 0.938. The van der Waals surface area contributed by atoms with Gasteiger partial charge in [0.1, 0.15) is 11.9 Å². The Labute approximate surface area is 112 Å². The molecule has 0 spiro atoms. The molecule has 19 heavy (non-hydrogen) atoms. The SMILES string of the molecule is CC(C)n1cncc1C(O)c1ccc2c(c1)CCO2. The minimum Gasteiger partial charge on any atom is -0.493 e. The van der Waals surface area contributed by atoms with Crippen LogP contribution in [0.4, 0.5) is 0 Å². The van der Waals surface area contributed by atoms with E-state index in [1.807, 2.05) is 22.8 Å². The highest BCUT2D eigenvalue weighted by Gasteiger charge is 2.19. The van der Waals surface area contributed by atoms with Gasteiger partial charge >= 0.3 is 0 Å². The van der Waals surface area contributed by atoms with Gasteiger partial charge in [-0.15, -0.1) is 0 Å². The van der Waals surface area contributed by atoms with Crippen molar-refractivity contribution in [1.29, 1.82) is 0 Å². The van der Waals surface area contributed by atoms with E-state index in [0.717, 1.165) is 30.0 Å². The average molecular weight is 258 g/mol. The third-order valence-corrected chi connectivity index (χ3v) is 3.56. The number of fused-ring (bicyclic) bond motifs is 1. The molecule has 1 aliphatic heterocycles. The molecule has 4 nitrogen and oxygen atoms in total. The number of imidazole rings is 1. The Balaban J connectivity index is 1.95. The lowest BCUT2D eigenvalue weighted by molar-refractivity contribution is 0.208. The van der Waals surface area contributed by atoms with E-state index in [1.165, 1.54) is 5.56 Å². The van der Waals surface area contributed by atoms with Gasteiger partial charge in [-0.2, -0.15) is 0 Å². The molecule has 1 N–H and O–H groups in total. The third-order valence-electron chi connectivity index (χ3n) is 3.56. The molecular formula is C15H18N2O2. The van der Waals surface area contributed by atoms with Gasteiger partial charge in [0.05, 0.1) is 24.8 Å². The number of hydrogen-bond donors (Lipinski definition) is 1. The largest absolute Gasteiger partial charge is 0.493 e. The molecular weight excluding hydrogens is 240 g/mol. The second-order valence-corrected chi connectivity index (χ2v) is 5.19. The zero-order chi connectivity index (χ0) is 13.4. The van der Waals surface area contributed by atoms with Crippen LogP contribution >= 0.6 is 0 Å². The molecule has 0 bridgehead atoms. The first-order valence-electron chi connectivity index (χ1n) is 6.62. The molecule has 0 aliphatic carbocycles. The van der Waals surface area contributed by atoms with Crippen LogP contribution in [-0.4, -0.2) is 21.3 Å². The zero-order valence-electron chi connectivity index (χ0n) is 11.2. The van der Waals surface area contributed by atoms with Crippen molar-refractivity contribution in [2.24, 2.45) is 0 Å². The monoisotopic (exact) mass is 258 g/mol. The second-order valence-electron chi connectivity index (χ2n) is 5.19. The molecule has 100 valence electrons. The first-order valence-corrected chi connectivity index (χ1v) is 6.62. The number of rotatable bonds is 3. The molecule has 2 aromatic rings. The van der Waals surface area contributed by atoms with Crippen LogP contribution in [0.1, 0.15) is 42.8 Å². The van der Waals surface area contributed by atoms with E-state index >= 15 is 0 Å². The van der Waals surface area contributed by atoms with Crippen LogP contribution in [0.25, 0.3) is 0 Å². The van der Waals surface area contributed by atoms with Gasteiger partial charge in [0.15, 0.2) is 0 Å². The topological polar surface area (TPSA) is 47.3 Å². The summed E-state index contributed by atoms with van der Waals surface area (Å²) in [4.78, 5) is 4.14. The molecule has 0 saturated carbocycles. The summed E-state index contributed by atoms with van der Waals surface area (Å²) >= 11 is 0. The summed E-state index contributed by atoms with van der Waals surface area (Å²) < 4.78 is 7.48. The van der Waals surface area contributed by atoms with Crippen molar-refractivity contribution in [2.45, 2.75) is 32.4 Å². The van der Waals surface area contributed by atoms with Gasteiger partial charge in [-0.3, -0.25) is 0 Å². The standard InChI is InChI=1S/C15H18N2O2/c1-10(2)17-9-16-8-13(17)15(18)12-3-4-14-11(7-12)5-6-19-14/h3-4,7-10,15,18H,5-6H2,1-2H3. The number of hydrogen-bond acceptors (Lipinski definition) is 3. The van der Waals surface area contributed by atoms with Gasteiger partial charge in [-0.25, -0.2) is 4.98 Å². The molecule has 1 aromatic heterocycles. The van der Waals surface area contributed by atoms with E-state index in [1.54, 1.807) is 12.5 Å². The zero-order valence-corrected chi connectivity index (χ0v) is 11.2. The molecule has 0 amide bonds. The molecule has 0 saturated heterocycles. The number of nitrogens with zero attached hydrogens (tertiary/aromatic N) is 2. The Morgan fingerprint density at radius 2 is 2.21 bits per heavy atom. The van der Waals surface area contributed by atoms with Gasteiger partial charge in [0.2, 0.25) is 0 Å². The van der Waals surface area contributed by atoms with Crippen molar-refractivity contribution in [2.75, 3.05) is 6.61 Å². The van der Waals surface area contributed by atoms with E-state index < -0.39 is 6.10 Å². The van der Waals surface area contributed by atoms with Gasteiger partial charge in [-0.05, 0) is 37.1 Å². The first-order chi connectivity index (χ1) is 9.16. The summed E-state index contributed by atoms with van der Waals surface area (Å²) in [6, 6.07) is 6.18. The van der Waals surface area contributed by atoms with Crippen LogP contribution in [0.15, 0.2) is 30.7 Å². The van der Waals surface area contributed by atoms with Gasteiger partial charge < -0.3 is 14.4 Å². The average Bonchev–Trinajstić information content (AvgIpc) is 3.05. The van der Waals surface area contributed by atoms with Crippen LogP contribution in [0.3, 0.4) is 0 Å². The van der Waals surface area contributed by atoms with E-state index in [2.05, 4.69) is 18.8 Å². The van der Waals surface area contributed by atoms with Crippen molar-refractivity contribution in [3.05, 3.63) is 47.5 Å². The molecule has 0 fully saturated rings. The van der Waals surface area contributed by atoms with Crippen molar-refractivity contribution >= 4 is 0 Å². The van der Waals surface area contributed by atoms with E-state index in [4.69, 9.17) is 4.74 Å². The quantitative estimate of drug-likeness (QED) is 0.920. The highest BCUT2D eigenvalue weighted by molar-refractivity contribution is 5.41. The van der Waals surface area contributed by atoms with Crippen LogP contribution in [0.2, 0.25) is 0 Å². The Hall–Kier alpha value is -1.81. The summed E-state index contributed by atoms with van der Waals surface area (Å²) in [6.45, 7) is 4.89. The van der Waals surface area contributed by atoms with E-state index in [-0.39, 0.29) is 6.04 Å². The van der Waals surface area contributed by atoms with Gasteiger partial charge in [0, 0.05) is 12.5 Å². The maximum atomic E-state index is 10.5. The number of aliphatic hydroxyl groups is 1. The van der Waals surface area contributed by atoms with Crippen LogP contribution < -0.4 is 4.74 Å². The number of aromatic nitrogens is 2. The molecule has 4 heteroatoms. The first kappa shape index (κ1) is 12.2. The number of aliphatic hydroxyl groups excluding tert-OH is 1. The van der Waals surface area contributed by atoms with Crippen LogP contribution in [0, 0.1) is 0 Å². The highest BCUT2D eigenvalue weighted by atomic mass is 16.5. The van der Waals surface area contributed by atoms with Crippen molar-refractivity contribution in [3.8, 4) is 5.75 Å². The fourth-order valence-electron chi connectivity index (χ4n) is 2.51. The molecule has 1 aliphatic rings. The highest BCUT2D eigenvalue weighted by Crippen LogP contribution is 2.31. The minimum absolute atomic E-state index is 0.282. The van der Waals surface area contributed by atoms with E-state index in [9.17, 15) is 5.11 Å². The maximum Gasteiger partial charge on any atom is 0.122 e. The smallest absolute Gasteiger partial charge is 0.122 e. The molecule has 1 atom stereocenters. The van der Waals surface area contributed by atoms with Crippen LogP contribution in [0.5, 0.6) is 5.75 Å². The fourth-order valence-corrected chi connectivity index (χ4v) is 2.51. The molecule has 1 unspecified atom stereocenters. The Morgan fingerprint density at radius 3 is 3.00 bits per heavy atom. The number of benzene rings is 1. The summed E-state index contributed by atoms with van der Waals surface area (Å²) in [6.07, 6.45) is 3.77. The van der Waals surface area contributed by atoms with Crippen molar-refractivity contribution in [1.82, 2.24) is 9.55 Å². The molecule has 0 radical (unpaired) electrons. The van der Waals surface area contributed by atoms with Gasteiger partial charge in [-0.1, -0.05) is 6.07 Å². The van der Waals surface area contributed by atoms with Crippen molar-refractivity contribution < 1.29 is 9.84 Å². The third kappa shape index (κ3) is 2.12. The second kappa shape index (κ2) is 4.70. The predicted molar refractivity (Wildman–Crippen MR) is 72.3 cm³/mol. The fraction of sp³-hybridized carbons (Fsp3) is 0.400. The van der Waals surface area contributed by atoms with Crippen molar-refractivity contribution in [3.63, 3.8) is 0 Å². The Morgan fingerprint density at radius 1 is 1.37 bits per heavy atom. The molecule has 1 aromatic carbocycles. The summed E-state index contributed by atoms with van der Waals surface area (Å²) in [5, 5.41) is 10.5. The van der Waals surface area contributed by atoms with Crippen LogP contribution in [-0.2, 0) is 6.42 Å². The lowest BCUT2D eigenvalue weighted by atomic mass is 10.0. The normalized spacial score (nSPS) is 15.4. The Bertz CT molecular complexity index is 590. The van der Waals surface area contributed by atoms with Gasteiger partial charge in [0.25, 0.3) is 0 Å². The predicted octanol–water partition coefficient (Wildman–Crippen LogP) is 2.48. The number of ether oxygens (including phenoxy) is 1. The summed E-state index contributed by atoms with van der Waals surface area (Å²) in [5.41, 5.74) is 2.90. The van der Waals surface area contributed by atoms with E-state index in [0.29, 0.717) is 0 Å². The lowest BCUT2D eigenvalue weighted by Crippen LogP contribution is -2.10. The molecule has 3 rings (SSSR count). The maximum absolute atomic E-state index is 10.5. The lowest BCUT2D eigenvalue weighted by Gasteiger charge is -2.17. The molecule has 2 heterocycles. The minimum atomic E-state index is -0.643. The Kier molecular flexibility index (Phi) is 3.03.